The number of carbonyl (C=O) groups is 2. The molecular weight excluding hydrogens is 244 g/mol. The highest BCUT2D eigenvalue weighted by Gasteiger charge is 1.97. The molecule has 98 valence electrons. The van der Waals surface area contributed by atoms with Crippen molar-refractivity contribution in [3.63, 3.8) is 0 Å². The van der Waals surface area contributed by atoms with E-state index < -0.39 is 11.8 Å². The van der Waals surface area contributed by atoms with E-state index in [0.717, 1.165) is 0 Å². The molecule has 2 amide bonds. The summed E-state index contributed by atoms with van der Waals surface area (Å²) in [7, 11) is 0. The maximum Gasteiger partial charge on any atom is 0.250 e. The van der Waals surface area contributed by atoms with Crippen molar-refractivity contribution in [1.82, 2.24) is 4.98 Å². The summed E-state index contributed by atoms with van der Waals surface area (Å²) in [5.74, 6) is -0.893. The molecule has 0 aliphatic rings. The van der Waals surface area contributed by atoms with Crippen LogP contribution in [-0.4, -0.2) is 16.8 Å². The van der Waals surface area contributed by atoms with Gasteiger partial charge < -0.3 is 17.2 Å². The standard InChI is InChI=1S/C7H8N2O.C6H6N2O/c8-6-3-1-2-5(4-6)7(9)10;7-6(9)5-2-1-3-8-4-5/h1-4H,8H2,(H2,9,10);1-4H,(H2,7,9). The number of nitrogens with two attached hydrogens (primary N) is 3. The van der Waals surface area contributed by atoms with Crippen molar-refractivity contribution in [1.29, 1.82) is 0 Å². The number of pyridine rings is 1. The molecule has 2 aromatic rings. The molecule has 0 fully saturated rings. The number of hydrogen-bond acceptors (Lipinski definition) is 4. The lowest BCUT2D eigenvalue weighted by Gasteiger charge is -1.94. The third-order valence-electron chi connectivity index (χ3n) is 2.12. The SMILES string of the molecule is NC(=O)c1cccc(N)c1.NC(=O)c1cccnc1. The molecule has 1 aromatic heterocycles. The number of benzene rings is 1. The first-order valence-corrected chi connectivity index (χ1v) is 5.36. The molecule has 0 radical (unpaired) electrons. The fourth-order valence-corrected chi connectivity index (χ4v) is 1.20. The Hall–Kier alpha value is -2.89. The van der Waals surface area contributed by atoms with Gasteiger partial charge in [-0.3, -0.25) is 14.6 Å². The molecule has 0 saturated heterocycles. The van der Waals surface area contributed by atoms with Crippen LogP contribution < -0.4 is 17.2 Å². The number of amides is 2. The molecular formula is C13H14N4O2. The third-order valence-corrected chi connectivity index (χ3v) is 2.12. The number of hydrogen-bond donors (Lipinski definition) is 3. The molecule has 2 rings (SSSR count). The van der Waals surface area contributed by atoms with Crippen LogP contribution in [0.2, 0.25) is 0 Å². The van der Waals surface area contributed by atoms with Crippen LogP contribution in [0.15, 0.2) is 48.8 Å². The first-order valence-electron chi connectivity index (χ1n) is 5.36. The van der Waals surface area contributed by atoms with Crippen LogP contribution in [0.1, 0.15) is 20.7 Å². The van der Waals surface area contributed by atoms with Crippen LogP contribution >= 0.6 is 0 Å². The highest BCUT2D eigenvalue weighted by atomic mass is 16.1. The van der Waals surface area contributed by atoms with Gasteiger partial charge in [0, 0.05) is 23.6 Å². The number of nitrogen functional groups attached to an aromatic ring is 1. The predicted molar refractivity (Wildman–Crippen MR) is 72.1 cm³/mol. The van der Waals surface area contributed by atoms with Gasteiger partial charge in [-0.05, 0) is 30.3 Å². The minimum absolute atomic E-state index is 0.442. The minimum Gasteiger partial charge on any atom is -0.399 e. The van der Waals surface area contributed by atoms with Gasteiger partial charge in [0.25, 0.3) is 0 Å². The summed E-state index contributed by atoms with van der Waals surface area (Å²) in [5, 5.41) is 0. The van der Waals surface area contributed by atoms with Crippen LogP contribution in [-0.2, 0) is 0 Å². The van der Waals surface area contributed by atoms with E-state index in [1.54, 1.807) is 42.6 Å². The lowest BCUT2D eigenvalue weighted by Crippen LogP contribution is -2.10. The van der Waals surface area contributed by atoms with Gasteiger partial charge in [-0.15, -0.1) is 0 Å². The molecule has 6 nitrogen and oxygen atoms in total. The third kappa shape index (κ3) is 4.86. The van der Waals surface area contributed by atoms with Gasteiger partial charge in [-0.25, -0.2) is 0 Å². The van der Waals surface area contributed by atoms with E-state index in [1.165, 1.54) is 6.20 Å². The van der Waals surface area contributed by atoms with Crippen LogP contribution in [0.3, 0.4) is 0 Å². The van der Waals surface area contributed by atoms with E-state index in [9.17, 15) is 9.59 Å². The van der Waals surface area contributed by atoms with E-state index in [0.29, 0.717) is 16.8 Å². The molecule has 1 heterocycles. The Morgan fingerprint density at radius 1 is 0.947 bits per heavy atom. The predicted octanol–water partition coefficient (Wildman–Crippen LogP) is 0.548. The molecule has 0 aliphatic carbocycles. The highest BCUT2D eigenvalue weighted by molar-refractivity contribution is 5.93. The Morgan fingerprint density at radius 2 is 1.58 bits per heavy atom. The van der Waals surface area contributed by atoms with Gasteiger partial charge in [-0.2, -0.15) is 0 Å². The lowest BCUT2D eigenvalue weighted by molar-refractivity contribution is 0.0991. The number of anilines is 1. The van der Waals surface area contributed by atoms with E-state index in [2.05, 4.69) is 4.98 Å². The average molecular weight is 258 g/mol. The van der Waals surface area contributed by atoms with Crippen molar-refractivity contribution in [3.05, 3.63) is 59.9 Å². The summed E-state index contributed by atoms with van der Waals surface area (Å²) in [6.07, 6.45) is 3.02. The van der Waals surface area contributed by atoms with Gasteiger partial charge in [0.2, 0.25) is 11.8 Å². The van der Waals surface area contributed by atoms with Crippen LogP contribution in [0.5, 0.6) is 0 Å². The normalized spacial score (nSPS) is 9.05. The van der Waals surface area contributed by atoms with Gasteiger partial charge in [0.05, 0.1) is 5.56 Å². The van der Waals surface area contributed by atoms with Crippen molar-refractivity contribution in [2.24, 2.45) is 11.5 Å². The maximum absolute atomic E-state index is 10.5. The average Bonchev–Trinajstić information content (AvgIpc) is 2.40. The number of nitrogens with zero attached hydrogens (tertiary/aromatic N) is 1. The molecule has 0 spiro atoms. The second kappa shape index (κ2) is 6.75. The molecule has 1 aromatic carbocycles. The Labute approximate surface area is 110 Å². The fraction of sp³-hybridized carbons (Fsp3) is 0. The van der Waals surface area contributed by atoms with E-state index in [4.69, 9.17) is 17.2 Å². The van der Waals surface area contributed by atoms with Crippen LogP contribution in [0.4, 0.5) is 5.69 Å². The van der Waals surface area contributed by atoms with Crippen molar-refractivity contribution < 1.29 is 9.59 Å². The van der Waals surface area contributed by atoms with E-state index in [1.807, 2.05) is 0 Å². The van der Waals surface area contributed by atoms with Gasteiger partial charge >= 0.3 is 0 Å². The summed E-state index contributed by atoms with van der Waals surface area (Å²) in [6, 6.07) is 9.85. The minimum atomic E-state index is -0.452. The lowest BCUT2D eigenvalue weighted by atomic mass is 10.2. The van der Waals surface area contributed by atoms with Gasteiger partial charge in [-0.1, -0.05) is 6.07 Å². The maximum atomic E-state index is 10.5. The van der Waals surface area contributed by atoms with Crippen molar-refractivity contribution in [2.75, 3.05) is 5.73 Å². The summed E-state index contributed by atoms with van der Waals surface area (Å²) >= 11 is 0. The van der Waals surface area contributed by atoms with E-state index in [-0.39, 0.29) is 0 Å². The van der Waals surface area contributed by atoms with Gasteiger partial charge in [0.1, 0.15) is 0 Å². The molecule has 6 N–H and O–H groups in total. The monoisotopic (exact) mass is 258 g/mol. The topological polar surface area (TPSA) is 125 Å². The Kier molecular flexibility index (Phi) is 5.04. The van der Waals surface area contributed by atoms with Crippen molar-refractivity contribution >= 4 is 17.5 Å². The first-order chi connectivity index (χ1) is 9.00. The first kappa shape index (κ1) is 14.2. The second-order valence-electron chi connectivity index (χ2n) is 3.60. The number of aromatic nitrogens is 1. The molecule has 6 heteroatoms. The van der Waals surface area contributed by atoms with Crippen molar-refractivity contribution in [3.8, 4) is 0 Å². The van der Waals surface area contributed by atoms with Crippen molar-refractivity contribution in [2.45, 2.75) is 0 Å². The Morgan fingerprint density at radius 3 is 1.95 bits per heavy atom. The van der Waals surface area contributed by atoms with E-state index >= 15 is 0 Å². The Bertz CT molecular complexity index is 570. The number of rotatable bonds is 2. The van der Waals surface area contributed by atoms with Crippen LogP contribution in [0, 0.1) is 0 Å². The quantitative estimate of drug-likeness (QED) is 0.680. The molecule has 0 aliphatic heterocycles. The smallest absolute Gasteiger partial charge is 0.250 e. The van der Waals surface area contributed by atoms with Gasteiger partial charge in [0.15, 0.2) is 0 Å². The second-order valence-corrected chi connectivity index (χ2v) is 3.60. The Balaban J connectivity index is 0.000000191. The molecule has 0 atom stereocenters. The largest absolute Gasteiger partial charge is 0.399 e. The summed E-state index contributed by atoms with van der Waals surface area (Å²) in [6.45, 7) is 0. The zero-order valence-corrected chi connectivity index (χ0v) is 10.1. The fourth-order valence-electron chi connectivity index (χ4n) is 1.20. The summed E-state index contributed by atoms with van der Waals surface area (Å²) in [4.78, 5) is 24.6. The zero-order chi connectivity index (χ0) is 14.3. The zero-order valence-electron chi connectivity index (χ0n) is 10.1. The number of primary amides is 2. The molecule has 19 heavy (non-hydrogen) atoms. The highest BCUT2D eigenvalue weighted by Crippen LogP contribution is 2.04. The summed E-state index contributed by atoms with van der Waals surface area (Å²) < 4.78 is 0. The number of carbonyl (C=O) groups excluding carboxylic acids is 2. The molecule has 0 bridgehead atoms. The molecule has 0 saturated carbocycles. The summed E-state index contributed by atoms with van der Waals surface area (Å²) in [5.41, 5.74) is 16.8. The van der Waals surface area contributed by atoms with Crippen LogP contribution in [0.25, 0.3) is 0 Å². The molecule has 0 unspecified atom stereocenters.